The number of nitrogens with zero attached hydrogens (tertiary/aromatic N) is 2. The number of halogens is 1. The molecule has 0 aliphatic carbocycles. The normalized spacial score (nSPS) is 10.5. The number of carbonyl (C=O) groups is 1. The van der Waals surface area contributed by atoms with Gasteiger partial charge in [-0.15, -0.1) is 0 Å². The van der Waals surface area contributed by atoms with E-state index in [-0.39, 0.29) is 11.5 Å². The van der Waals surface area contributed by atoms with Crippen LogP contribution in [0.3, 0.4) is 0 Å². The zero-order valence-corrected chi connectivity index (χ0v) is 14.5. The Hall–Kier alpha value is -3.39. The number of benzene rings is 2. The van der Waals surface area contributed by atoms with E-state index in [0.29, 0.717) is 17.7 Å². The molecule has 0 bridgehead atoms. The highest BCUT2D eigenvalue weighted by Gasteiger charge is 2.23. The summed E-state index contributed by atoms with van der Waals surface area (Å²) < 4.78 is 14.9. The first-order chi connectivity index (χ1) is 12.4. The maximum Gasteiger partial charge on any atom is 0.352 e. The maximum atomic E-state index is 13.1. The minimum absolute atomic E-state index is 0.214. The molecular weight excluding hydrogens is 331 g/mol. The van der Waals surface area contributed by atoms with E-state index in [1.165, 1.54) is 12.1 Å². The molecular formula is C21H17FN2O2. The average Bonchev–Trinajstić information content (AvgIpc) is 2.87. The van der Waals surface area contributed by atoms with E-state index >= 15 is 0 Å². The van der Waals surface area contributed by atoms with Crippen LogP contribution in [0.5, 0.6) is 0 Å². The summed E-state index contributed by atoms with van der Waals surface area (Å²) in [6.07, 6.45) is 0. The van der Waals surface area contributed by atoms with Gasteiger partial charge in [0.05, 0.1) is 11.6 Å². The van der Waals surface area contributed by atoms with Crippen molar-refractivity contribution in [1.29, 1.82) is 5.26 Å². The summed E-state index contributed by atoms with van der Waals surface area (Å²) in [5, 5.41) is 18.7. The smallest absolute Gasteiger partial charge is 0.352 e. The van der Waals surface area contributed by atoms with Gasteiger partial charge in [0, 0.05) is 17.8 Å². The van der Waals surface area contributed by atoms with Crippen LogP contribution in [0.4, 0.5) is 4.39 Å². The van der Waals surface area contributed by atoms with Crippen LogP contribution >= 0.6 is 0 Å². The Kier molecular flexibility index (Phi) is 4.59. The zero-order valence-electron chi connectivity index (χ0n) is 14.5. The van der Waals surface area contributed by atoms with Crippen LogP contribution in [0.25, 0.3) is 11.1 Å². The van der Waals surface area contributed by atoms with E-state index in [1.54, 1.807) is 35.8 Å². The van der Waals surface area contributed by atoms with Crippen molar-refractivity contribution in [3.8, 4) is 17.2 Å². The predicted molar refractivity (Wildman–Crippen MR) is 96.5 cm³/mol. The summed E-state index contributed by atoms with van der Waals surface area (Å²) in [5.74, 6) is -1.33. The minimum Gasteiger partial charge on any atom is -0.477 e. The molecule has 2 aromatic carbocycles. The molecule has 0 saturated carbocycles. The van der Waals surface area contributed by atoms with E-state index in [4.69, 9.17) is 5.26 Å². The predicted octanol–water partition coefficient (Wildman–Crippen LogP) is 4.53. The van der Waals surface area contributed by atoms with Crippen LogP contribution in [0, 0.1) is 31.0 Å². The second kappa shape index (κ2) is 6.85. The number of rotatable bonds is 4. The monoisotopic (exact) mass is 348 g/mol. The van der Waals surface area contributed by atoms with Crippen molar-refractivity contribution >= 4 is 5.97 Å². The lowest BCUT2D eigenvalue weighted by molar-refractivity contribution is 0.0684. The van der Waals surface area contributed by atoms with Gasteiger partial charge >= 0.3 is 5.97 Å². The van der Waals surface area contributed by atoms with Crippen LogP contribution in [0.1, 0.15) is 32.9 Å². The topological polar surface area (TPSA) is 66.0 Å². The van der Waals surface area contributed by atoms with Gasteiger partial charge in [0.1, 0.15) is 11.5 Å². The van der Waals surface area contributed by atoms with Gasteiger partial charge in [0.2, 0.25) is 0 Å². The third-order valence-electron chi connectivity index (χ3n) is 4.53. The van der Waals surface area contributed by atoms with Crippen molar-refractivity contribution in [2.24, 2.45) is 0 Å². The second-order valence-electron chi connectivity index (χ2n) is 6.14. The summed E-state index contributed by atoms with van der Waals surface area (Å²) in [4.78, 5) is 11.9. The first-order valence-corrected chi connectivity index (χ1v) is 8.10. The number of carboxylic acids is 1. The third-order valence-corrected chi connectivity index (χ3v) is 4.53. The molecule has 1 N–H and O–H groups in total. The van der Waals surface area contributed by atoms with Crippen molar-refractivity contribution in [3.05, 3.63) is 82.4 Å². The molecule has 5 heteroatoms. The molecule has 0 aliphatic heterocycles. The quantitative estimate of drug-likeness (QED) is 0.753. The molecule has 0 aliphatic rings. The molecule has 1 heterocycles. The first kappa shape index (κ1) is 17.4. The summed E-state index contributed by atoms with van der Waals surface area (Å²) in [7, 11) is 0. The third kappa shape index (κ3) is 3.09. The van der Waals surface area contributed by atoms with Crippen LogP contribution in [0.15, 0.2) is 48.5 Å². The van der Waals surface area contributed by atoms with Gasteiger partial charge in [0.25, 0.3) is 0 Å². The van der Waals surface area contributed by atoms with E-state index in [2.05, 4.69) is 6.07 Å². The molecule has 0 radical (unpaired) electrons. The highest BCUT2D eigenvalue weighted by atomic mass is 19.1. The van der Waals surface area contributed by atoms with Crippen LogP contribution in [-0.4, -0.2) is 15.6 Å². The van der Waals surface area contributed by atoms with Gasteiger partial charge in [-0.05, 0) is 54.8 Å². The fraction of sp³-hybridized carbons (Fsp3) is 0.143. The van der Waals surface area contributed by atoms with E-state index < -0.39 is 5.97 Å². The van der Waals surface area contributed by atoms with Crippen molar-refractivity contribution < 1.29 is 14.3 Å². The Morgan fingerprint density at radius 3 is 2.27 bits per heavy atom. The van der Waals surface area contributed by atoms with Crippen LogP contribution in [-0.2, 0) is 6.54 Å². The molecule has 3 aromatic rings. The van der Waals surface area contributed by atoms with Gasteiger partial charge < -0.3 is 9.67 Å². The Labute approximate surface area is 150 Å². The summed E-state index contributed by atoms with van der Waals surface area (Å²) >= 11 is 0. The van der Waals surface area contributed by atoms with Crippen molar-refractivity contribution in [2.45, 2.75) is 20.4 Å². The zero-order chi connectivity index (χ0) is 18.8. The number of aromatic nitrogens is 1. The van der Waals surface area contributed by atoms with E-state index in [9.17, 15) is 14.3 Å². The van der Waals surface area contributed by atoms with E-state index in [0.717, 1.165) is 22.4 Å². The Bertz CT molecular complexity index is 1010. The lowest BCUT2D eigenvalue weighted by atomic mass is 10.0. The highest BCUT2D eigenvalue weighted by Crippen LogP contribution is 2.33. The minimum atomic E-state index is -1.01. The first-order valence-electron chi connectivity index (χ1n) is 8.10. The number of aromatic carboxylic acids is 1. The fourth-order valence-electron chi connectivity index (χ4n) is 3.28. The molecule has 3 rings (SSSR count). The van der Waals surface area contributed by atoms with Gasteiger partial charge in [-0.1, -0.05) is 24.3 Å². The van der Waals surface area contributed by atoms with Gasteiger partial charge in [-0.2, -0.15) is 5.26 Å². The Morgan fingerprint density at radius 2 is 1.73 bits per heavy atom. The van der Waals surface area contributed by atoms with Crippen molar-refractivity contribution in [3.63, 3.8) is 0 Å². The average molecular weight is 348 g/mol. The maximum absolute atomic E-state index is 13.1. The number of hydrogen-bond donors (Lipinski definition) is 1. The molecule has 0 spiro atoms. The number of nitriles is 1. The Balaban J connectivity index is 2.13. The highest BCUT2D eigenvalue weighted by molar-refractivity contribution is 5.92. The Morgan fingerprint density at radius 1 is 1.12 bits per heavy atom. The molecule has 26 heavy (non-hydrogen) atoms. The summed E-state index contributed by atoms with van der Waals surface area (Å²) in [5.41, 5.74) is 4.77. The molecule has 4 nitrogen and oxygen atoms in total. The molecule has 130 valence electrons. The number of hydrogen-bond acceptors (Lipinski definition) is 2. The lowest BCUT2D eigenvalue weighted by Gasteiger charge is -2.10. The van der Waals surface area contributed by atoms with Gasteiger partial charge in [-0.3, -0.25) is 0 Å². The molecule has 1 aromatic heterocycles. The summed E-state index contributed by atoms with van der Waals surface area (Å²) in [6.45, 7) is 3.99. The molecule has 0 amide bonds. The second-order valence-corrected chi connectivity index (χ2v) is 6.14. The summed E-state index contributed by atoms with van der Waals surface area (Å²) in [6, 6.07) is 15.2. The van der Waals surface area contributed by atoms with Gasteiger partial charge in [-0.25, -0.2) is 9.18 Å². The molecule has 0 fully saturated rings. The van der Waals surface area contributed by atoms with Crippen LogP contribution in [0.2, 0.25) is 0 Å². The molecule has 0 unspecified atom stereocenters. The number of carboxylic acid groups (broad SMARTS) is 1. The van der Waals surface area contributed by atoms with E-state index in [1.807, 2.05) is 19.1 Å². The lowest BCUT2D eigenvalue weighted by Crippen LogP contribution is -2.11. The SMILES string of the molecule is Cc1c(-c2ccc(C#N)cc2)c(C)n(Cc2ccc(F)cc2)c1C(=O)O. The fourth-order valence-corrected chi connectivity index (χ4v) is 3.28. The largest absolute Gasteiger partial charge is 0.477 e. The standard InChI is InChI=1S/C21H17FN2O2/c1-13-19(17-7-3-15(11-23)4-8-17)14(2)24(20(13)21(25)26)12-16-5-9-18(22)10-6-16/h3-10H,12H2,1-2H3,(H,25,26). The van der Waals surface area contributed by atoms with Crippen LogP contribution < -0.4 is 0 Å². The van der Waals surface area contributed by atoms with Gasteiger partial charge in [0.15, 0.2) is 0 Å². The van der Waals surface area contributed by atoms with Crippen molar-refractivity contribution in [1.82, 2.24) is 4.57 Å². The van der Waals surface area contributed by atoms with Crippen molar-refractivity contribution in [2.75, 3.05) is 0 Å². The molecule has 0 saturated heterocycles. The molecule has 0 atom stereocenters.